The van der Waals surface area contributed by atoms with E-state index in [0.29, 0.717) is 17.1 Å². The fourth-order valence-electron chi connectivity index (χ4n) is 2.27. The van der Waals surface area contributed by atoms with Gasteiger partial charge in [0, 0.05) is 19.8 Å². The molecule has 0 aliphatic carbocycles. The van der Waals surface area contributed by atoms with Gasteiger partial charge in [0.2, 0.25) is 0 Å². The predicted molar refractivity (Wildman–Crippen MR) is 84.4 cm³/mol. The molecule has 0 aliphatic rings. The summed E-state index contributed by atoms with van der Waals surface area (Å²) in [5.74, 6) is 1.22. The summed E-state index contributed by atoms with van der Waals surface area (Å²) in [5.41, 5.74) is 2.52. The topological polar surface area (TPSA) is 41.9 Å². The van der Waals surface area contributed by atoms with Crippen LogP contribution in [0.1, 0.15) is 17.2 Å². The van der Waals surface area contributed by atoms with Crippen LogP contribution in [0.3, 0.4) is 0 Å². The molecule has 4 heteroatoms. The van der Waals surface area contributed by atoms with E-state index >= 15 is 0 Å². The maximum Gasteiger partial charge on any atom is 0.128 e. The summed E-state index contributed by atoms with van der Waals surface area (Å²) in [6, 6.07) is 13.2. The van der Waals surface area contributed by atoms with Crippen LogP contribution in [0.25, 0.3) is 0 Å². The summed E-state index contributed by atoms with van der Waals surface area (Å²) in [5, 5.41) is 10.7. The Morgan fingerprint density at radius 2 is 1.43 bits per heavy atom. The molecular weight excluding hydrogens is 266 g/mol. The number of anilines is 1. The lowest BCUT2D eigenvalue weighted by molar-refractivity contribution is 0.209. The van der Waals surface area contributed by atoms with E-state index in [4.69, 9.17) is 9.47 Å². The molecule has 0 saturated heterocycles. The first-order chi connectivity index (χ1) is 10.1. The molecule has 0 bridgehead atoms. The van der Waals surface area contributed by atoms with Gasteiger partial charge in [0.05, 0.1) is 19.8 Å². The van der Waals surface area contributed by atoms with Gasteiger partial charge in [0.1, 0.15) is 17.6 Å². The largest absolute Gasteiger partial charge is 0.496 e. The molecule has 112 valence electrons. The molecule has 2 rings (SSSR count). The van der Waals surface area contributed by atoms with E-state index in [-0.39, 0.29) is 0 Å². The SMILES string of the molecule is COc1cccc(OC)c1C(O)c1ccc(N(C)C)cc1. The van der Waals surface area contributed by atoms with Gasteiger partial charge in [-0.25, -0.2) is 0 Å². The van der Waals surface area contributed by atoms with Crippen LogP contribution in [0.4, 0.5) is 5.69 Å². The predicted octanol–water partition coefficient (Wildman–Crippen LogP) is 2.85. The molecule has 0 aliphatic heterocycles. The van der Waals surface area contributed by atoms with Crippen LogP contribution in [-0.4, -0.2) is 33.4 Å². The number of ether oxygens (including phenoxy) is 2. The van der Waals surface area contributed by atoms with Crippen LogP contribution in [0.2, 0.25) is 0 Å². The first-order valence-corrected chi connectivity index (χ1v) is 6.74. The highest BCUT2D eigenvalue weighted by Gasteiger charge is 2.20. The van der Waals surface area contributed by atoms with E-state index in [0.717, 1.165) is 11.3 Å². The van der Waals surface area contributed by atoms with Crippen LogP contribution in [0, 0.1) is 0 Å². The van der Waals surface area contributed by atoms with Gasteiger partial charge in [-0.3, -0.25) is 0 Å². The molecule has 0 amide bonds. The molecule has 2 aromatic carbocycles. The van der Waals surface area contributed by atoms with E-state index in [1.807, 2.05) is 61.5 Å². The molecule has 2 aromatic rings. The second-order valence-electron chi connectivity index (χ2n) is 4.96. The zero-order chi connectivity index (χ0) is 15.4. The lowest BCUT2D eigenvalue weighted by Gasteiger charge is -2.19. The van der Waals surface area contributed by atoms with Crippen molar-refractivity contribution in [1.82, 2.24) is 0 Å². The number of aliphatic hydroxyl groups excluding tert-OH is 1. The highest BCUT2D eigenvalue weighted by molar-refractivity contribution is 5.52. The van der Waals surface area contributed by atoms with Crippen molar-refractivity contribution in [3.05, 3.63) is 53.6 Å². The monoisotopic (exact) mass is 287 g/mol. The van der Waals surface area contributed by atoms with Crippen molar-refractivity contribution in [3.63, 3.8) is 0 Å². The van der Waals surface area contributed by atoms with Crippen LogP contribution in [-0.2, 0) is 0 Å². The summed E-state index contributed by atoms with van der Waals surface area (Å²) in [6.45, 7) is 0. The number of hydrogen-bond donors (Lipinski definition) is 1. The summed E-state index contributed by atoms with van der Waals surface area (Å²) in [4.78, 5) is 2.01. The molecule has 0 spiro atoms. The molecule has 4 nitrogen and oxygen atoms in total. The minimum Gasteiger partial charge on any atom is -0.496 e. The Labute approximate surface area is 125 Å². The van der Waals surface area contributed by atoms with Gasteiger partial charge in [-0.05, 0) is 29.8 Å². The lowest BCUT2D eigenvalue weighted by Crippen LogP contribution is -2.09. The number of benzene rings is 2. The molecule has 1 atom stereocenters. The molecule has 1 unspecified atom stereocenters. The van der Waals surface area contributed by atoms with Crippen molar-refractivity contribution < 1.29 is 14.6 Å². The van der Waals surface area contributed by atoms with Gasteiger partial charge in [-0.15, -0.1) is 0 Å². The summed E-state index contributed by atoms with van der Waals surface area (Å²) in [6.07, 6.45) is -0.799. The highest BCUT2D eigenvalue weighted by Crippen LogP contribution is 2.37. The Balaban J connectivity index is 2.41. The van der Waals surface area contributed by atoms with Gasteiger partial charge in [-0.1, -0.05) is 18.2 Å². The normalized spacial score (nSPS) is 11.9. The summed E-state index contributed by atoms with van der Waals surface area (Å²) >= 11 is 0. The van der Waals surface area contributed by atoms with Crippen molar-refractivity contribution in [1.29, 1.82) is 0 Å². The third-order valence-electron chi connectivity index (χ3n) is 3.46. The second-order valence-corrected chi connectivity index (χ2v) is 4.96. The Bertz CT molecular complexity index is 571. The molecular formula is C17H21NO3. The molecule has 0 heterocycles. The fraction of sp³-hybridized carbons (Fsp3) is 0.294. The summed E-state index contributed by atoms with van der Waals surface area (Å²) < 4.78 is 10.7. The zero-order valence-electron chi connectivity index (χ0n) is 12.8. The average molecular weight is 287 g/mol. The van der Waals surface area contributed by atoms with Crippen LogP contribution >= 0.6 is 0 Å². The van der Waals surface area contributed by atoms with Crippen molar-refractivity contribution in [2.24, 2.45) is 0 Å². The number of rotatable bonds is 5. The first-order valence-electron chi connectivity index (χ1n) is 6.74. The molecule has 0 radical (unpaired) electrons. The number of nitrogens with zero attached hydrogens (tertiary/aromatic N) is 1. The first kappa shape index (κ1) is 15.2. The highest BCUT2D eigenvalue weighted by atomic mass is 16.5. The molecule has 0 saturated carbocycles. The Morgan fingerprint density at radius 3 is 1.86 bits per heavy atom. The average Bonchev–Trinajstić information content (AvgIpc) is 2.53. The maximum absolute atomic E-state index is 10.7. The number of hydrogen-bond acceptors (Lipinski definition) is 4. The van der Waals surface area contributed by atoms with E-state index in [1.54, 1.807) is 14.2 Å². The molecule has 0 fully saturated rings. The van der Waals surface area contributed by atoms with Crippen molar-refractivity contribution >= 4 is 5.69 Å². The Hall–Kier alpha value is -2.20. The maximum atomic E-state index is 10.7. The smallest absolute Gasteiger partial charge is 0.128 e. The Kier molecular flexibility index (Phi) is 4.70. The molecule has 1 N–H and O–H groups in total. The van der Waals surface area contributed by atoms with Crippen molar-refractivity contribution in [2.75, 3.05) is 33.2 Å². The fourth-order valence-corrected chi connectivity index (χ4v) is 2.27. The van der Waals surface area contributed by atoms with Crippen LogP contribution in [0.15, 0.2) is 42.5 Å². The van der Waals surface area contributed by atoms with Gasteiger partial charge in [0.25, 0.3) is 0 Å². The lowest BCUT2D eigenvalue weighted by atomic mass is 9.99. The van der Waals surface area contributed by atoms with Gasteiger partial charge < -0.3 is 19.5 Å². The van der Waals surface area contributed by atoms with E-state index in [1.165, 1.54) is 0 Å². The van der Waals surface area contributed by atoms with Crippen molar-refractivity contribution in [2.45, 2.75) is 6.10 Å². The van der Waals surface area contributed by atoms with Gasteiger partial charge in [0.15, 0.2) is 0 Å². The second kappa shape index (κ2) is 6.50. The summed E-state index contributed by atoms with van der Waals surface area (Å²) in [7, 11) is 7.13. The zero-order valence-corrected chi connectivity index (χ0v) is 12.8. The third-order valence-corrected chi connectivity index (χ3v) is 3.46. The molecule has 0 aromatic heterocycles. The minimum absolute atomic E-state index is 0.610. The van der Waals surface area contributed by atoms with E-state index < -0.39 is 6.10 Å². The van der Waals surface area contributed by atoms with E-state index in [2.05, 4.69) is 0 Å². The van der Waals surface area contributed by atoms with Gasteiger partial charge in [-0.2, -0.15) is 0 Å². The van der Waals surface area contributed by atoms with Crippen LogP contribution < -0.4 is 14.4 Å². The quantitative estimate of drug-likeness (QED) is 0.918. The van der Waals surface area contributed by atoms with Crippen molar-refractivity contribution in [3.8, 4) is 11.5 Å². The third kappa shape index (κ3) is 3.11. The van der Waals surface area contributed by atoms with Gasteiger partial charge >= 0.3 is 0 Å². The molecule has 21 heavy (non-hydrogen) atoms. The number of methoxy groups -OCH3 is 2. The number of aliphatic hydroxyl groups is 1. The standard InChI is InChI=1S/C17H21NO3/c1-18(2)13-10-8-12(9-11-13)17(19)16-14(20-3)6-5-7-15(16)21-4/h5-11,17,19H,1-4H3. The Morgan fingerprint density at radius 1 is 0.905 bits per heavy atom. The minimum atomic E-state index is -0.799. The van der Waals surface area contributed by atoms with E-state index in [9.17, 15) is 5.11 Å². The van der Waals surface area contributed by atoms with Crippen LogP contribution in [0.5, 0.6) is 11.5 Å².